The third-order valence-electron chi connectivity index (χ3n) is 4.02. The summed E-state index contributed by atoms with van der Waals surface area (Å²) < 4.78 is 5.66. The van der Waals surface area contributed by atoms with Crippen molar-refractivity contribution in [1.82, 2.24) is 9.80 Å². The molecule has 0 aliphatic carbocycles. The Balaban J connectivity index is 2.00. The molecule has 27 heavy (non-hydrogen) atoms. The lowest BCUT2D eigenvalue weighted by molar-refractivity contribution is -0.132. The maximum absolute atomic E-state index is 12.4. The van der Waals surface area contributed by atoms with Crippen molar-refractivity contribution in [2.45, 2.75) is 13.5 Å². The highest BCUT2D eigenvalue weighted by molar-refractivity contribution is 6.42. The first-order valence-electron chi connectivity index (χ1n) is 8.32. The lowest BCUT2D eigenvalue weighted by Gasteiger charge is -2.19. The van der Waals surface area contributed by atoms with Gasteiger partial charge in [0.05, 0.1) is 10.0 Å². The van der Waals surface area contributed by atoms with Gasteiger partial charge >= 0.3 is 0 Å². The number of ether oxygens (including phenoxy) is 1. The highest BCUT2D eigenvalue weighted by Gasteiger charge is 2.14. The molecule has 0 bridgehead atoms. The first-order valence-corrected chi connectivity index (χ1v) is 9.07. The molecule has 2 aromatic rings. The number of likely N-dealkylation sites (N-methyl/N-ethyl adjacent to an activating group) is 1. The Bertz CT molecular complexity index is 853. The Morgan fingerprint density at radius 3 is 2.33 bits per heavy atom. The molecule has 2 amide bonds. The van der Waals surface area contributed by atoms with Crippen LogP contribution in [0.2, 0.25) is 10.0 Å². The van der Waals surface area contributed by atoms with Crippen LogP contribution in [-0.2, 0) is 11.3 Å². The highest BCUT2D eigenvalue weighted by Crippen LogP contribution is 2.23. The van der Waals surface area contributed by atoms with E-state index in [-0.39, 0.29) is 18.4 Å². The molecule has 0 aliphatic heterocycles. The summed E-state index contributed by atoms with van der Waals surface area (Å²) >= 11 is 11.9. The maximum Gasteiger partial charge on any atom is 0.260 e. The molecule has 0 radical (unpaired) electrons. The van der Waals surface area contributed by atoms with Gasteiger partial charge in [0.2, 0.25) is 0 Å². The van der Waals surface area contributed by atoms with Crippen LogP contribution >= 0.6 is 23.2 Å². The van der Waals surface area contributed by atoms with Crippen molar-refractivity contribution in [2.24, 2.45) is 0 Å². The van der Waals surface area contributed by atoms with Crippen molar-refractivity contribution >= 4 is 35.0 Å². The van der Waals surface area contributed by atoms with Gasteiger partial charge in [0.25, 0.3) is 11.8 Å². The number of aryl methyl sites for hydroxylation is 1. The summed E-state index contributed by atoms with van der Waals surface area (Å²) in [6.45, 7) is 2.12. The number of nitrogens with zero attached hydrogens (tertiary/aromatic N) is 2. The molecule has 0 fully saturated rings. The molecule has 0 atom stereocenters. The van der Waals surface area contributed by atoms with Crippen LogP contribution in [0.3, 0.4) is 0 Å². The van der Waals surface area contributed by atoms with Crippen LogP contribution in [0.15, 0.2) is 36.4 Å². The normalized spacial score (nSPS) is 10.4. The number of halogens is 2. The van der Waals surface area contributed by atoms with Crippen LogP contribution in [0.1, 0.15) is 21.5 Å². The van der Waals surface area contributed by atoms with Gasteiger partial charge in [-0.2, -0.15) is 0 Å². The van der Waals surface area contributed by atoms with E-state index in [4.69, 9.17) is 27.9 Å². The molecule has 5 nitrogen and oxygen atoms in total. The Morgan fingerprint density at radius 1 is 1.00 bits per heavy atom. The number of hydrogen-bond acceptors (Lipinski definition) is 3. The SMILES string of the molecule is Cc1ccc(C(=O)N(C)C)cc1OCC(=O)N(C)Cc1ccc(Cl)c(Cl)c1. The minimum atomic E-state index is -0.190. The predicted octanol–water partition coefficient (Wildman–Crippen LogP) is 4.04. The van der Waals surface area contributed by atoms with Crippen LogP contribution in [0.25, 0.3) is 0 Å². The molecule has 0 N–H and O–H groups in total. The summed E-state index contributed by atoms with van der Waals surface area (Å²) in [5.74, 6) is 0.201. The molecule has 7 heteroatoms. The topological polar surface area (TPSA) is 49.9 Å². The van der Waals surface area contributed by atoms with Crippen LogP contribution in [0.4, 0.5) is 0 Å². The van der Waals surface area contributed by atoms with Gasteiger partial charge in [0.15, 0.2) is 6.61 Å². The van der Waals surface area contributed by atoms with Crippen LogP contribution in [0.5, 0.6) is 5.75 Å². The van der Waals surface area contributed by atoms with Gasteiger partial charge in [-0.3, -0.25) is 9.59 Å². The van der Waals surface area contributed by atoms with E-state index < -0.39 is 0 Å². The summed E-state index contributed by atoms with van der Waals surface area (Å²) in [4.78, 5) is 27.5. The van der Waals surface area contributed by atoms with Gasteiger partial charge in [0.1, 0.15) is 5.75 Å². The smallest absolute Gasteiger partial charge is 0.260 e. The predicted molar refractivity (Wildman–Crippen MR) is 108 cm³/mol. The fraction of sp³-hybridized carbons (Fsp3) is 0.300. The maximum atomic E-state index is 12.4. The second kappa shape index (κ2) is 9.11. The Kier molecular flexibility index (Phi) is 7.11. The highest BCUT2D eigenvalue weighted by atomic mass is 35.5. The lowest BCUT2D eigenvalue weighted by Crippen LogP contribution is -2.31. The summed E-state index contributed by atoms with van der Waals surface area (Å²) in [5, 5.41) is 0.921. The van der Waals surface area contributed by atoms with E-state index in [0.29, 0.717) is 27.9 Å². The monoisotopic (exact) mass is 408 g/mol. The molecule has 144 valence electrons. The van der Waals surface area contributed by atoms with E-state index in [1.54, 1.807) is 56.4 Å². The number of hydrogen-bond donors (Lipinski definition) is 0. The van der Waals surface area contributed by atoms with Crippen molar-refractivity contribution in [3.05, 3.63) is 63.1 Å². The molecule has 0 heterocycles. The molecule has 0 saturated heterocycles. The minimum Gasteiger partial charge on any atom is -0.483 e. The Labute approximate surface area is 169 Å². The van der Waals surface area contributed by atoms with Crippen molar-refractivity contribution in [2.75, 3.05) is 27.7 Å². The first kappa shape index (κ1) is 21.1. The average molecular weight is 409 g/mol. The summed E-state index contributed by atoms with van der Waals surface area (Å²) in [7, 11) is 5.06. The van der Waals surface area contributed by atoms with E-state index >= 15 is 0 Å². The number of carbonyl (C=O) groups excluding carboxylic acids is 2. The average Bonchev–Trinajstić information content (AvgIpc) is 2.63. The zero-order valence-corrected chi connectivity index (χ0v) is 17.3. The zero-order valence-electron chi connectivity index (χ0n) is 15.8. The van der Waals surface area contributed by atoms with Gasteiger partial charge in [-0.25, -0.2) is 0 Å². The number of benzene rings is 2. The molecular formula is C20H22Cl2N2O3. The third-order valence-corrected chi connectivity index (χ3v) is 4.76. The Hall–Kier alpha value is -2.24. The minimum absolute atomic E-state index is 0.122. The van der Waals surface area contributed by atoms with E-state index in [9.17, 15) is 9.59 Å². The van der Waals surface area contributed by atoms with Crippen molar-refractivity contribution in [1.29, 1.82) is 0 Å². The lowest BCUT2D eigenvalue weighted by atomic mass is 10.1. The molecule has 2 rings (SSSR count). The van der Waals surface area contributed by atoms with E-state index in [2.05, 4.69) is 0 Å². The second-order valence-corrected chi connectivity index (χ2v) is 7.28. The van der Waals surface area contributed by atoms with Crippen molar-refractivity contribution in [3.8, 4) is 5.75 Å². The third kappa shape index (κ3) is 5.62. The van der Waals surface area contributed by atoms with E-state index in [1.807, 2.05) is 13.0 Å². The molecule has 0 unspecified atom stereocenters. The largest absolute Gasteiger partial charge is 0.483 e. The van der Waals surface area contributed by atoms with E-state index in [1.165, 1.54) is 4.90 Å². The second-order valence-electron chi connectivity index (χ2n) is 6.47. The van der Waals surface area contributed by atoms with Gasteiger partial charge in [-0.1, -0.05) is 35.3 Å². The number of amides is 2. The Morgan fingerprint density at radius 2 is 1.70 bits per heavy atom. The van der Waals surface area contributed by atoms with Gasteiger partial charge in [0, 0.05) is 33.3 Å². The van der Waals surface area contributed by atoms with Crippen LogP contribution in [0, 0.1) is 6.92 Å². The van der Waals surface area contributed by atoms with E-state index in [0.717, 1.165) is 11.1 Å². The summed E-state index contributed by atoms with van der Waals surface area (Å²) in [6.07, 6.45) is 0. The van der Waals surface area contributed by atoms with Gasteiger partial charge in [-0.05, 0) is 42.3 Å². The fourth-order valence-electron chi connectivity index (χ4n) is 2.40. The fourth-order valence-corrected chi connectivity index (χ4v) is 2.72. The van der Waals surface area contributed by atoms with Crippen LogP contribution < -0.4 is 4.74 Å². The van der Waals surface area contributed by atoms with Crippen molar-refractivity contribution in [3.63, 3.8) is 0 Å². The standard InChI is InChI=1S/C20H22Cl2N2O3/c1-13-5-7-15(20(26)23(2)3)10-18(13)27-12-19(25)24(4)11-14-6-8-16(21)17(22)9-14/h5-10H,11-12H2,1-4H3. The van der Waals surface area contributed by atoms with Crippen LogP contribution in [-0.4, -0.2) is 49.4 Å². The quantitative estimate of drug-likeness (QED) is 0.724. The molecule has 0 aliphatic rings. The molecule has 0 aromatic heterocycles. The summed E-state index contributed by atoms with van der Waals surface area (Å²) in [6, 6.07) is 10.4. The number of rotatable bonds is 6. The number of carbonyl (C=O) groups is 2. The molecule has 2 aromatic carbocycles. The summed E-state index contributed by atoms with van der Waals surface area (Å²) in [5.41, 5.74) is 2.23. The van der Waals surface area contributed by atoms with Gasteiger partial charge in [-0.15, -0.1) is 0 Å². The molecule has 0 spiro atoms. The molecule has 0 saturated carbocycles. The molecular weight excluding hydrogens is 387 g/mol. The first-order chi connectivity index (χ1) is 12.7. The zero-order chi connectivity index (χ0) is 20.1. The van der Waals surface area contributed by atoms with Gasteiger partial charge < -0.3 is 14.5 Å². The van der Waals surface area contributed by atoms with Crippen molar-refractivity contribution < 1.29 is 14.3 Å².